The molecule has 1 fully saturated rings. The molecular weight excluding hydrogens is 359 g/mol. The average Bonchev–Trinajstić information content (AvgIpc) is 3.02. The van der Waals surface area contributed by atoms with Gasteiger partial charge in [0.05, 0.1) is 6.04 Å². The second-order valence-electron chi connectivity index (χ2n) is 7.08. The minimum absolute atomic E-state index is 0. The summed E-state index contributed by atoms with van der Waals surface area (Å²) in [5.74, 6) is 0. The normalized spacial score (nSPS) is 16.8. The van der Waals surface area contributed by atoms with Crippen LogP contribution in [-0.4, -0.2) is 31.1 Å². The maximum atomic E-state index is 3.46. The molecule has 134 valence electrons. The van der Waals surface area contributed by atoms with Gasteiger partial charge in [0.15, 0.2) is 0 Å². The highest BCUT2D eigenvalue weighted by molar-refractivity contribution is 7.10. The Bertz CT molecular complexity index is 585. The van der Waals surface area contributed by atoms with Crippen LogP contribution in [-0.2, 0) is 5.41 Å². The molecule has 1 atom stereocenters. The standard InChI is InChI=1S/C19H26N2S.2ClH/c1-19(2,3)16-8-6-15(7-9-16)18(17-5-4-14-22-17)21-12-10-20-11-13-21;;/h4-9,14,18,20H,10-13H2,1-3H3;2*1H/t18-;;/m1../s1. The molecule has 24 heavy (non-hydrogen) atoms. The molecule has 1 aliphatic rings. The molecule has 1 N–H and O–H groups in total. The van der Waals surface area contributed by atoms with Gasteiger partial charge in [0.25, 0.3) is 0 Å². The molecule has 0 amide bonds. The van der Waals surface area contributed by atoms with Crippen molar-refractivity contribution in [1.82, 2.24) is 10.2 Å². The van der Waals surface area contributed by atoms with Gasteiger partial charge >= 0.3 is 0 Å². The van der Waals surface area contributed by atoms with Crippen LogP contribution >= 0.6 is 36.2 Å². The minimum Gasteiger partial charge on any atom is -0.314 e. The number of nitrogens with zero attached hydrogens (tertiary/aromatic N) is 1. The van der Waals surface area contributed by atoms with E-state index in [1.165, 1.54) is 16.0 Å². The monoisotopic (exact) mass is 386 g/mol. The van der Waals surface area contributed by atoms with Crippen LogP contribution in [0.25, 0.3) is 0 Å². The first-order valence-corrected chi connectivity index (χ1v) is 9.02. The van der Waals surface area contributed by atoms with E-state index in [0.717, 1.165) is 26.2 Å². The number of halogens is 2. The summed E-state index contributed by atoms with van der Waals surface area (Å²) in [6.45, 7) is 11.2. The van der Waals surface area contributed by atoms with Gasteiger partial charge < -0.3 is 5.32 Å². The number of thiophene rings is 1. The van der Waals surface area contributed by atoms with E-state index in [1.54, 1.807) is 0 Å². The zero-order valence-electron chi connectivity index (χ0n) is 14.6. The maximum Gasteiger partial charge on any atom is 0.0696 e. The summed E-state index contributed by atoms with van der Waals surface area (Å²) in [4.78, 5) is 4.06. The summed E-state index contributed by atoms with van der Waals surface area (Å²) < 4.78 is 0. The van der Waals surface area contributed by atoms with Crippen molar-refractivity contribution in [1.29, 1.82) is 0 Å². The summed E-state index contributed by atoms with van der Waals surface area (Å²) in [6, 6.07) is 14.1. The second kappa shape index (κ2) is 9.21. The van der Waals surface area contributed by atoms with E-state index in [9.17, 15) is 0 Å². The lowest BCUT2D eigenvalue weighted by Gasteiger charge is -2.35. The van der Waals surface area contributed by atoms with Crippen LogP contribution in [0.5, 0.6) is 0 Å². The number of hydrogen-bond donors (Lipinski definition) is 1. The van der Waals surface area contributed by atoms with Gasteiger partial charge in [-0.2, -0.15) is 0 Å². The Morgan fingerprint density at radius 1 is 1.00 bits per heavy atom. The van der Waals surface area contributed by atoms with Crippen LogP contribution in [0.3, 0.4) is 0 Å². The number of benzene rings is 1. The van der Waals surface area contributed by atoms with E-state index < -0.39 is 0 Å². The van der Waals surface area contributed by atoms with E-state index in [1.807, 2.05) is 11.3 Å². The SMILES string of the molecule is CC(C)(C)c1ccc([C@H](c2cccs2)N2CCNCC2)cc1.Cl.Cl. The van der Waals surface area contributed by atoms with Gasteiger partial charge in [-0.15, -0.1) is 36.2 Å². The third-order valence-electron chi connectivity index (χ3n) is 4.42. The first-order chi connectivity index (χ1) is 10.6. The van der Waals surface area contributed by atoms with Gasteiger partial charge in [-0.05, 0) is 28.0 Å². The van der Waals surface area contributed by atoms with Crippen molar-refractivity contribution in [3.63, 3.8) is 0 Å². The minimum atomic E-state index is 0. The number of rotatable bonds is 3. The molecule has 3 rings (SSSR count). The molecule has 2 heterocycles. The molecule has 0 spiro atoms. The molecular formula is C19H28Cl2N2S. The molecule has 1 aromatic carbocycles. The Labute approximate surface area is 162 Å². The van der Waals surface area contributed by atoms with Crippen molar-refractivity contribution < 1.29 is 0 Å². The van der Waals surface area contributed by atoms with Crippen molar-refractivity contribution in [2.75, 3.05) is 26.2 Å². The Morgan fingerprint density at radius 2 is 1.62 bits per heavy atom. The topological polar surface area (TPSA) is 15.3 Å². The maximum absolute atomic E-state index is 3.46. The van der Waals surface area contributed by atoms with Crippen molar-refractivity contribution >= 4 is 36.2 Å². The quantitative estimate of drug-likeness (QED) is 0.807. The van der Waals surface area contributed by atoms with Crippen LogP contribution in [0.15, 0.2) is 41.8 Å². The highest BCUT2D eigenvalue weighted by Gasteiger charge is 2.25. The van der Waals surface area contributed by atoms with Crippen LogP contribution in [0.2, 0.25) is 0 Å². The fourth-order valence-corrected chi connectivity index (χ4v) is 3.99. The van der Waals surface area contributed by atoms with Gasteiger partial charge in [-0.1, -0.05) is 51.1 Å². The molecule has 5 heteroatoms. The Balaban J connectivity index is 0.00000144. The van der Waals surface area contributed by atoms with Crippen molar-refractivity contribution in [3.05, 3.63) is 57.8 Å². The fourth-order valence-electron chi connectivity index (χ4n) is 3.11. The van der Waals surface area contributed by atoms with Gasteiger partial charge in [-0.25, -0.2) is 0 Å². The molecule has 0 saturated carbocycles. The van der Waals surface area contributed by atoms with Crippen molar-refractivity contribution in [2.45, 2.75) is 32.2 Å². The molecule has 0 bridgehead atoms. The smallest absolute Gasteiger partial charge is 0.0696 e. The highest BCUT2D eigenvalue weighted by atomic mass is 35.5. The van der Waals surface area contributed by atoms with E-state index in [4.69, 9.17) is 0 Å². The second-order valence-corrected chi connectivity index (χ2v) is 8.06. The number of hydrogen-bond acceptors (Lipinski definition) is 3. The predicted molar refractivity (Wildman–Crippen MR) is 110 cm³/mol. The highest BCUT2D eigenvalue weighted by Crippen LogP contribution is 2.33. The van der Waals surface area contributed by atoms with Crippen LogP contribution < -0.4 is 5.32 Å². The largest absolute Gasteiger partial charge is 0.314 e. The van der Waals surface area contributed by atoms with Crippen LogP contribution in [0.4, 0.5) is 0 Å². The molecule has 1 aromatic heterocycles. The summed E-state index contributed by atoms with van der Waals surface area (Å²) in [7, 11) is 0. The molecule has 1 saturated heterocycles. The van der Waals surface area contributed by atoms with E-state index >= 15 is 0 Å². The number of nitrogens with one attached hydrogen (secondary N) is 1. The average molecular weight is 387 g/mol. The first kappa shape index (κ1) is 21.5. The Hall–Kier alpha value is -0.580. The zero-order valence-corrected chi connectivity index (χ0v) is 17.1. The van der Waals surface area contributed by atoms with Crippen molar-refractivity contribution in [2.24, 2.45) is 0 Å². The molecule has 1 aliphatic heterocycles. The van der Waals surface area contributed by atoms with E-state index in [2.05, 4.69) is 72.8 Å². The van der Waals surface area contributed by atoms with Gasteiger partial charge in [-0.3, -0.25) is 4.90 Å². The van der Waals surface area contributed by atoms with Crippen LogP contribution in [0, 0.1) is 0 Å². The fraction of sp³-hybridized carbons (Fsp3) is 0.474. The summed E-state index contributed by atoms with van der Waals surface area (Å²) in [5.41, 5.74) is 3.03. The summed E-state index contributed by atoms with van der Waals surface area (Å²) >= 11 is 1.87. The predicted octanol–water partition coefficient (Wildman–Crippen LogP) is 4.88. The Kier molecular flexibility index (Phi) is 8.24. The van der Waals surface area contributed by atoms with Crippen LogP contribution in [0.1, 0.15) is 42.8 Å². The van der Waals surface area contributed by atoms with Gasteiger partial charge in [0.2, 0.25) is 0 Å². The lowest BCUT2D eigenvalue weighted by molar-refractivity contribution is 0.200. The van der Waals surface area contributed by atoms with E-state index in [0.29, 0.717) is 6.04 Å². The lowest BCUT2D eigenvalue weighted by atomic mass is 9.86. The zero-order chi connectivity index (χ0) is 15.6. The Morgan fingerprint density at radius 3 is 2.12 bits per heavy atom. The third-order valence-corrected chi connectivity index (χ3v) is 5.35. The molecule has 2 nitrogen and oxygen atoms in total. The number of piperazine rings is 1. The summed E-state index contributed by atoms with van der Waals surface area (Å²) in [5, 5.41) is 5.65. The van der Waals surface area contributed by atoms with Crippen molar-refractivity contribution in [3.8, 4) is 0 Å². The van der Waals surface area contributed by atoms with Gasteiger partial charge in [0, 0.05) is 31.1 Å². The third kappa shape index (κ3) is 4.96. The molecule has 0 unspecified atom stereocenters. The van der Waals surface area contributed by atoms with Gasteiger partial charge in [0.1, 0.15) is 0 Å². The summed E-state index contributed by atoms with van der Waals surface area (Å²) in [6.07, 6.45) is 0. The first-order valence-electron chi connectivity index (χ1n) is 8.14. The molecule has 0 radical (unpaired) electrons. The van der Waals surface area contributed by atoms with E-state index in [-0.39, 0.29) is 30.2 Å². The molecule has 0 aliphatic carbocycles. The lowest BCUT2D eigenvalue weighted by Crippen LogP contribution is -2.45. The molecule has 2 aromatic rings.